The summed E-state index contributed by atoms with van der Waals surface area (Å²) < 4.78 is 64.2. The van der Waals surface area contributed by atoms with E-state index in [1.165, 1.54) is 0 Å². The quantitative estimate of drug-likeness (QED) is 0.442. The van der Waals surface area contributed by atoms with Gasteiger partial charge in [-0.15, -0.1) is 0 Å². The highest BCUT2D eigenvalue weighted by atomic mass is 19.4. The van der Waals surface area contributed by atoms with E-state index in [4.69, 9.17) is 0 Å². The minimum atomic E-state index is -5.49. The van der Waals surface area contributed by atoms with Crippen LogP contribution >= 0.6 is 0 Å². The molecule has 0 aliphatic carbocycles. The van der Waals surface area contributed by atoms with E-state index in [1.54, 1.807) is 0 Å². The van der Waals surface area contributed by atoms with Crippen LogP contribution in [0.1, 0.15) is 12.8 Å². The van der Waals surface area contributed by atoms with Crippen LogP contribution in [0.5, 0.6) is 0 Å². The minimum absolute atomic E-state index is 0.323. The van der Waals surface area contributed by atoms with Crippen molar-refractivity contribution in [3.8, 4) is 0 Å². The van der Waals surface area contributed by atoms with Crippen molar-refractivity contribution in [3.05, 3.63) is 11.7 Å². The summed E-state index contributed by atoms with van der Waals surface area (Å²) in [5, 5.41) is 0. The van der Waals surface area contributed by atoms with Gasteiger partial charge < -0.3 is 9.64 Å². The number of halogens is 5. The van der Waals surface area contributed by atoms with Gasteiger partial charge in [0.05, 0.1) is 0 Å². The van der Waals surface area contributed by atoms with E-state index < -0.39 is 36.3 Å². The molecule has 0 N–H and O–H groups in total. The Kier molecular flexibility index (Phi) is 4.84. The molecule has 1 heterocycles. The van der Waals surface area contributed by atoms with Gasteiger partial charge in [-0.05, 0) is 12.8 Å². The molecule has 0 radical (unpaired) electrons. The molecule has 1 fully saturated rings. The summed E-state index contributed by atoms with van der Waals surface area (Å²) in [5.74, 6) is -7.84. The zero-order chi connectivity index (χ0) is 14.6. The van der Waals surface area contributed by atoms with Crippen molar-refractivity contribution < 1.29 is 36.3 Å². The van der Waals surface area contributed by atoms with Crippen molar-refractivity contribution in [1.29, 1.82) is 0 Å². The van der Waals surface area contributed by atoms with Gasteiger partial charge in [-0.1, -0.05) is 0 Å². The van der Waals surface area contributed by atoms with Crippen molar-refractivity contribution >= 4 is 11.9 Å². The lowest BCUT2D eigenvalue weighted by atomic mass is 10.4. The molecule has 0 saturated carbocycles. The van der Waals surface area contributed by atoms with Gasteiger partial charge in [-0.25, -0.2) is 9.18 Å². The Morgan fingerprint density at radius 1 is 1.11 bits per heavy atom. The highest BCUT2D eigenvalue weighted by molar-refractivity contribution is 6.32. The molecule has 9 heteroatoms. The van der Waals surface area contributed by atoms with Gasteiger partial charge >= 0.3 is 18.1 Å². The van der Waals surface area contributed by atoms with E-state index in [9.17, 15) is 31.5 Å². The number of hydrogen-bond donors (Lipinski definition) is 0. The number of carbonyl (C=O) groups is 2. The predicted molar refractivity (Wildman–Crippen MR) is 52.1 cm³/mol. The third-order valence-corrected chi connectivity index (χ3v) is 2.38. The topological polar surface area (TPSA) is 46.6 Å². The van der Waals surface area contributed by atoms with Gasteiger partial charge in [0.2, 0.25) is 5.83 Å². The van der Waals surface area contributed by atoms with Crippen molar-refractivity contribution in [2.75, 3.05) is 19.7 Å². The van der Waals surface area contributed by atoms with Crippen LogP contribution in [0.25, 0.3) is 0 Å². The molecule has 1 amide bonds. The van der Waals surface area contributed by atoms with Crippen LogP contribution in [0.15, 0.2) is 11.7 Å². The molecule has 1 aliphatic rings. The van der Waals surface area contributed by atoms with E-state index in [0.717, 1.165) is 4.90 Å². The van der Waals surface area contributed by atoms with Gasteiger partial charge in [0.25, 0.3) is 0 Å². The Bertz CT molecular complexity index is 398. The molecule has 0 aromatic heterocycles. The third-order valence-electron chi connectivity index (χ3n) is 2.38. The van der Waals surface area contributed by atoms with E-state index in [-0.39, 0.29) is 0 Å². The fourth-order valence-electron chi connectivity index (χ4n) is 1.46. The van der Waals surface area contributed by atoms with Crippen molar-refractivity contribution in [1.82, 2.24) is 4.90 Å². The maximum Gasteiger partial charge on any atom is 0.445 e. The maximum absolute atomic E-state index is 12.7. The molecular formula is C10H10F5NO3. The van der Waals surface area contributed by atoms with Gasteiger partial charge in [0.15, 0.2) is 5.83 Å². The van der Waals surface area contributed by atoms with E-state index in [1.807, 2.05) is 0 Å². The zero-order valence-electron chi connectivity index (χ0n) is 9.60. The van der Waals surface area contributed by atoms with Crippen molar-refractivity contribution in [2.45, 2.75) is 19.0 Å². The number of nitrogens with zero attached hydrogens (tertiary/aromatic N) is 1. The Morgan fingerprint density at radius 3 is 2.11 bits per heavy atom. The van der Waals surface area contributed by atoms with E-state index in [0.29, 0.717) is 25.9 Å². The normalized spacial score (nSPS) is 17.2. The summed E-state index contributed by atoms with van der Waals surface area (Å²) in [6.07, 6.45) is -4.11. The standard InChI is InChI=1S/C10H10F5NO3/c11-6(7(12)10(13,14)15)5-19-9(18)8(17)16-3-1-2-4-16/h1-5H2/b7-6+. The van der Waals surface area contributed by atoms with Crippen LogP contribution in [0.4, 0.5) is 22.0 Å². The van der Waals surface area contributed by atoms with Crippen LogP contribution < -0.4 is 0 Å². The van der Waals surface area contributed by atoms with Crippen LogP contribution in [0.3, 0.4) is 0 Å². The van der Waals surface area contributed by atoms with Crippen LogP contribution in [0.2, 0.25) is 0 Å². The molecule has 0 atom stereocenters. The summed E-state index contributed by atoms with van der Waals surface area (Å²) in [5.41, 5.74) is 0. The summed E-state index contributed by atoms with van der Waals surface area (Å²) in [7, 11) is 0. The van der Waals surface area contributed by atoms with Crippen LogP contribution in [0, 0.1) is 0 Å². The number of esters is 1. The van der Waals surface area contributed by atoms with Crippen LogP contribution in [-0.4, -0.2) is 42.6 Å². The lowest BCUT2D eigenvalue weighted by Gasteiger charge is -2.13. The fourth-order valence-corrected chi connectivity index (χ4v) is 1.46. The number of hydrogen-bond acceptors (Lipinski definition) is 3. The predicted octanol–water partition coefficient (Wildman–Crippen LogP) is 1.86. The molecule has 108 valence electrons. The number of ether oxygens (including phenoxy) is 1. The largest absolute Gasteiger partial charge is 0.451 e. The monoisotopic (exact) mass is 287 g/mol. The molecule has 0 aromatic carbocycles. The van der Waals surface area contributed by atoms with Crippen molar-refractivity contribution in [3.63, 3.8) is 0 Å². The van der Waals surface area contributed by atoms with Gasteiger partial charge in [0.1, 0.15) is 6.61 Å². The summed E-state index contributed by atoms with van der Waals surface area (Å²) in [6, 6.07) is 0. The SMILES string of the molecule is O=C(OC/C(F)=C(\F)C(F)(F)F)C(=O)N1CCCC1. The molecule has 4 nitrogen and oxygen atoms in total. The minimum Gasteiger partial charge on any atom is -0.451 e. The Labute approximate surface area is 104 Å². The highest BCUT2D eigenvalue weighted by Gasteiger charge is 2.38. The first kappa shape index (κ1) is 15.4. The first-order valence-corrected chi connectivity index (χ1v) is 5.31. The second-order valence-electron chi connectivity index (χ2n) is 3.79. The number of likely N-dealkylation sites (tertiary alicyclic amines) is 1. The summed E-state index contributed by atoms with van der Waals surface area (Å²) in [6.45, 7) is -0.921. The fraction of sp³-hybridized carbons (Fsp3) is 0.600. The molecular weight excluding hydrogens is 277 g/mol. The first-order valence-electron chi connectivity index (χ1n) is 5.31. The summed E-state index contributed by atoms with van der Waals surface area (Å²) in [4.78, 5) is 23.6. The second kappa shape index (κ2) is 5.98. The average Bonchev–Trinajstić information content (AvgIpc) is 2.86. The molecule has 0 unspecified atom stereocenters. The zero-order valence-corrected chi connectivity index (χ0v) is 9.60. The summed E-state index contributed by atoms with van der Waals surface area (Å²) >= 11 is 0. The Morgan fingerprint density at radius 2 is 1.63 bits per heavy atom. The molecule has 1 rings (SSSR count). The number of allylic oxidation sites excluding steroid dienone is 1. The molecule has 0 bridgehead atoms. The van der Waals surface area contributed by atoms with E-state index in [2.05, 4.69) is 4.74 Å². The number of carbonyl (C=O) groups excluding carboxylic acids is 2. The smallest absolute Gasteiger partial charge is 0.445 e. The average molecular weight is 287 g/mol. The first-order chi connectivity index (χ1) is 8.73. The number of alkyl halides is 3. The maximum atomic E-state index is 12.7. The molecule has 19 heavy (non-hydrogen) atoms. The lowest BCUT2D eigenvalue weighted by molar-refractivity contribution is -0.159. The second-order valence-corrected chi connectivity index (χ2v) is 3.79. The van der Waals surface area contributed by atoms with Gasteiger partial charge in [0, 0.05) is 13.1 Å². The molecule has 1 aliphatic heterocycles. The van der Waals surface area contributed by atoms with E-state index >= 15 is 0 Å². The number of amides is 1. The molecule has 1 saturated heterocycles. The van der Waals surface area contributed by atoms with Gasteiger partial charge in [-0.3, -0.25) is 4.79 Å². The lowest BCUT2D eigenvalue weighted by Crippen LogP contribution is -2.35. The molecule has 0 spiro atoms. The van der Waals surface area contributed by atoms with Gasteiger partial charge in [-0.2, -0.15) is 17.6 Å². The Hall–Kier alpha value is -1.67. The Balaban J connectivity index is 2.52. The van der Waals surface area contributed by atoms with Crippen LogP contribution in [-0.2, 0) is 14.3 Å². The third kappa shape index (κ3) is 4.18. The number of rotatable bonds is 2. The highest BCUT2D eigenvalue weighted by Crippen LogP contribution is 2.29. The molecule has 0 aromatic rings. The van der Waals surface area contributed by atoms with Crippen molar-refractivity contribution in [2.24, 2.45) is 0 Å².